The molecule has 0 radical (unpaired) electrons. The number of carboxylic acids is 1. The molecule has 0 saturated heterocycles. The van der Waals surface area contributed by atoms with Crippen molar-refractivity contribution in [2.24, 2.45) is 0 Å². The molecule has 2 rings (SSSR count). The molecule has 1 atom stereocenters. The van der Waals surface area contributed by atoms with E-state index in [-0.39, 0.29) is 5.91 Å². The third-order valence-electron chi connectivity index (χ3n) is 3.12. The molecule has 0 bridgehead atoms. The molecule has 106 valence electrons. The van der Waals surface area contributed by atoms with Crippen LogP contribution >= 0.6 is 0 Å². The van der Waals surface area contributed by atoms with E-state index in [1.54, 1.807) is 35.3 Å². The molecule has 2 aromatic rings. The molecule has 0 aliphatic carbocycles. The van der Waals surface area contributed by atoms with Crippen molar-refractivity contribution in [1.82, 2.24) is 14.7 Å². The van der Waals surface area contributed by atoms with Gasteiger partial charge in [-0.1, -0.05) is 19.8 Å². The quantitative estimate of drug-likeness (QED) is 0.840. The van der Waals surface area contributed by atoms with Gasteiger partial charge in [-0.15, -0.1) is 0 Å². The highest BCUT2D eigenvalue weighted by molar-refractivity contribution is 5.96. The lowest BCUT2D eigenvalue weighted by Crippen LogP contribution is -2.40. The van der Waals surface area contributed by atoms with Gasteiger partial charge in [0.25, 0.3) is 5.91 Å². The molecule has 6 nitrogen and oxygen atoms in total. The number of carbonyl (C=O) groups is 2. The zero-order valence-corrected chi connectivity index (χ0v) is 11.2. The van der Waals surface area contributed by atoms with Crippen LogP contribution in [0.25, 0.3) is 5.52 Å². The van der Waals surface area contributed by atoms with Crippen LogP contribution in [0.4, 0.5) is 0 Å². The van der Waals surface area contributed by atoms with Gasteiger partial charge in [-0.05, 0) is 18.6 Å². The number of nitrogens with one attached hydrogen (secondary N) is 1. The number of pyridine rings is 1. The van der Waals surface area contributed by atoms with Gasteiger partial charge in [-0.25, -0.2) is 9.78 Å². The maximum atomic E-state index is 12.1. The molecule has 0 aliphatic rings. The second-order valence-electron chi connectivity index (χ2n) is 4.65. The van der Waals surface area contributed by atoms with E-state index < -0.39 is 12.0 Å². The number of carbonyl (C=O) groups excluding carboxylic acids is 1. The summed E-state index contributed by atoms with van der Waals surface area (Å²) in [5.41, 5.74) is 1.29. The smallest absolute Gasteiger partial charge is 0.326 e. The van der Waals surface area contributed by atoms with Crippen molar-refractivity contribution >= 4 is 17.4 Å². The Morgan fingerprint density at radius 2 is 2.25 bits per heavy atom. The van der Waals surface area contributed by atoms with Crippen molar-refractivity contribution in [3.05, 3.63) is 36.4 Å². The topological polar surface area (TPSA) is 83.7 Å². The van der Waals surface area contributed by atoms with Crippen molar-refractivity contribution in [1.29, 1.82) is 0 Å². The lowest BCUT2D eigenvalue weighted by atomic mass is 10.1. The van der Waals surface area contributed by atoms with Crippen LogP contribution in [0.2, 0.25) is 0 Å². The summed E-state index contributed by atoms with van der Waals surface area (Å²) in [7, 11) is 0. The third kappa shape index (κ3) is 3.14. The number of hydrogen-bond acceptors (Lipinski definition) is 3. The molecule has 2 aromatic heterocycles. The number of fused-ring (bicyclic) bond motifs is 1. The van der Waals surface area contributed by atoms with E-state index in [2.05, 4.69) is 10.3 Å². The Labute approximate surface area is 116 Å². The minimum Gasteiger partial charge on any atom is -0.480 e. The first kappa shape index (κ1) is 14.0. The molecule has 0 aliphatic heterocycles. The number of aliphatic carboxylic acids is 1. The standard InChI is InChI=1S/C14H17N3O3/c1-2-3-4-12(14(19)20)16-13(18)10-5-6-11-7-15-9-17(11)8-10/h5-9,12H,2-4H2,1H3,(H,16,18)(H,19,20)/t12-/m0/s1. The highest BCUT2D eigenvalue weighted by atomic mass is 16.4. The van der Waals surface area contributed by atoms with Gasteiger partial charge in [-0.2, -0.15) is 0 Å². The molecule has 6 heteroatoms. The minimum absolute atomic E-state index is 0.385. The Kier molecular flexibility index (Phi) is 4.34. The summed E-state index contributed by atoms with van der Waals surface area (Å²) < 4.78 is 1.72. The van der Waals surface area contributed by atoms with E-state index in [0.717, 1.165) is 18.4 Å². The van der Waals surface area contributed by atoms with E-state index in [1.807, 2.05) is 6.92 Å². The van der Waals surface area contributed by atoms with Gasteiger partial charge in [0.15, 0.2) is 0 Å². The number of hydrogen-bond donors (Lipinski definition) is 2. The van der Waals surface area contributed by atoms with Crippen LogP contribution in [0, 0.1) is 0 Å². The van der Waals surface area contributed by atoms with Crippen LogP contribution in [0.3, 0.4) is 0 Å². The second kappa shape index (κ2) is 6.18. The molecule has 0 aromatic carbocycles. The van der Waals surface area contributed by atoms with E-state index >= 15 is 0 Å². The molecule has 2 N–H and O–H groups in total. The highest BCUT2D eigenvalue weighted by Crippen LogP contribution is 2.07. The third-order valence-corrected chi connectivity index (χ3v) is 3.12. The molecular formula is C14H17N3O3. The molecule has 0 fully saturated rings. The number of rotatable bonds is 6. The normalized spacial score (nSPS) is 12.2. The molecule has 0 unspecified atom stereocenters. The Morgan fingerprint density at radius 1 is 1.45 bits per heavy atom. The van der Waals surface area contributed by atoms with Crippen LogP contribution in [-0.4, -0.2) is 32.4 Å². The Hall–Kier alpha value is -2.37. The predicted molar refractivity (Wildman–Crippen MR) is 73.6 cm³/mol. The lowest BCUT2D eigenvalue weighted by Gasteiger charge is -2.14. The summed E-state index contributed by atoms with van der Waals surface area (Å²) in [6.07, 6.45) is 7.00. The Bertz CT molecular complexity index is 621. The zero-order chi connectivity index (χ0) is 14.5. The van der Waals surface area contributed by atoms with Crippen molar-refractivity contribution in [2.75, 3.05) is 0 Å². The van der Waals surface area contributed by atoms with Crippen molar-refractivity contribution in [2.45, 2.75) is 32.2 Å². The molecular weight excluding hydrogens is 258 g/mol. The average molecular weight is 275 g/mol. The van der Waals surface area contributed by atoms with Crippen LogP contribution in [0.5, 0.6) is 0 Å². The Morgan fingerprint density at radius 3 is 2.95 bits per heavy atom. The number of aromatic nitrogens is 2. The first-order chi connectivity index (χ1) is 9.61. The number of unbranched alkanes of at least 4 members (excludes halogenated alkanes) is 1. The Balaban J connectivity index is 2.10. The maximum absolute atomic E-state index is 12.1. The summed E-state index contributed by atoms with van der Waals surface area (Å²) in [6.45, 7) is 1.98. The first-order valence-electron chi connectivity index (χ1n) is 6.57. The van der Waals surface area contributed by atoms with Gasteiger partial charge in [0.05, 0.1) is 23.6 Å². The molecule has 20 heavy (non-hydrogen) atoms. The monoisotopic (exact) mass is 275 g/mol. The lowest BCUT2D eigenvalue weighted by molar-refractivity contribution is -0.139. The van der Waals surface area contributed by atoms with Crippen LogP contribution in [0.15, 0.2) is 30.9 Å². The van der Waals surface area contributed by atoms with Crippen LogP contribution in [-0.2, 0) is 4.79 Å². The number of nitrogens with zero attached hydrogens (tertiary/aromatic N) is 2. The fourth-order valence-corrected chi connectivity index (χ4v) is 1.96. The van der Waals surface area contributed by atoms with E-state index in [4.69, 9.17) is 5.11 Å². The second-order valence-corrected chi connectivity index (χ2v) is 4.65. The molecule has 2 heterocycles. The van der Waals surface area contributed by atoms with Crippen molar-refractivity contribution in [3.63, 3.8) is 0 Å². The number of imidazole rings is 1. The largest absolute Gasteiger partial charge is 0.480 e. The number of carboxylic acid groups (broad SMARTS) is 1. The van der Waals surface area contributed by atoms with Crippen LogP contribution in [0.1, 0.15) is 36.5 Å². The minimum atomic E-state index is -1.00. The molecule has 0 saturated carbocycles. The van der Waals surface area contributed by atoms with Gasteiger partial charge >= 0.3 is 5.97 Å². The zero-order valence-electron chi connectivity index (χ0n) is 11.2. The summed E-state index contributed by atoms with van der Waals surface area (Å²) in [4.78, 5) is 27.2. The van der Waals surface area contributed by atoms with E-state index in [0.29, 0.717) is 12.0 Å². The van der Waals surface area contributed by atoms with Gasteiger partial charge < -0.3 is 14.8 Å². The van der Waals surface area contributed by atoms with Crippen LogP contribution < -0.4 is 5.32 Å². The van der Waals surface area contributed by atoms with Gasteiger partial charge in [0.2, 0.25) is 0 Å². The van der Waals surface area contributed by atoms with Gasteiger partial charge in [0, 0.05) is 6.20 Å². The van der Waals surface area contributed by atoms with Crippen molar-refractivity contribution < 1.29 is 14.7 Å². The summed E-state index contributed by atoms with van der Waals surface area (Å²) >= 11 is 0. The number of amides is 1. The summed E-state index contributed by atoms with van der Waals surface area (Å²) in [6, 6.07) is 2.58. The summed E-state index contributed by atoms with van der Waals surface area (Å²) in [5, 5.41) is 11.7. The van der Waals surface area contributed by atoms with Gasteiger partial charge in [0.1, 0.15) is 6.04 Å². The molecule has 1 amide bonds. The van der Waals surface area contributed by atoms with E-state index in [1.165, 1.54) is 0 Å². The fraction of sp³-hybridized carbons (Fsp3) is 0.357. The molecule has 0 spiro atoms. The summed E-state index contributed by atoms with van der Waals surface area (Å²) in [5.74, 6) is -1.39. The maximum Gasteiger partial charge on any atom is 0.326 e. The van der Waals surface area contributed by atoms with Gasteiger partial charge in [-0.3, -0.25) is 4.79 Å². The fourth-order valence-electron chi connectivity index (χ4n) is 1.96. The van der Waals surface area contributed by atoms with E-state index in [9.17, 15) is 9.59 Å². The highest BCUT2D eigenvalue weighted by Gasteiger charge is 2.20. The predicted octanol–water partition coefficient (Wildman–Crippen LogP) is 1.71. The SMILES string of the molecule is CCCC[C@H](NC(=O)c1ccc2cncn2c1)C(=O)O. The average Bonchev–Trinajstić information content (AvgIpc) is 2.90. The first-order valence-corrected chi connectivity index (χ1v) is 6.57. The van der Waals surface area contributed by atoms with Crippen molar-refractivity contribution in [3.8, 4) is 0 Å².